The Morgan fingerprint density at radius 1 is 1.31 bits per heavy atom. The zero-order valence-corrected chi connectivity index (χ0v) is 16.4. The molecule has 0 saturated heterocycles. The summed E-state index contributed by atoms with van der Waals surface area (Å²) < 4.78 is 24.0. The molecule has 4 saturated carbocycles. The number of nitrogens with zero attached hydrogens (tertiary/aromatic N) is 1. The molecule has 1 N–H and O–H groups in total. The highest BCUT2D eigenvalue weighted by atomic mass is 35.5. The fourth-order valence-corrected chi connectivity index (χ4v) is 5.00. The van der Waals surface area contributed by atoms with Gasteiger partial charge in [0, 0.05) is 23.9 Å². The summed E-state index contributed by atoms with van der Waals surface area (Å²) in [5.41, 5.74) is 0.272. The van der Waals surface area contributed by atoms with E-state index in [1.165, 1.54) is 24.4 Å². The Morgan fingerprint density at radius 3 is 2.76 bits per heavy atom. The molecule has 152 valence electrons. The van der Waals surface area contributed by atoms with Gasteiger partial charge in [-0.3, -0.25) is 9.59 Å². The second-order valence-corrected chi connectivity index (χ2v) is 9.13. The second kappa shape index (κ2) is 6.55. The fourth-order valence-electron chi connectivity index (χ4n) is 4.89. The summed E-state index contributed by atoms with van der Waals surface area (Å²) >= 11 is 5.63. The van der Waals surface area contributed by atoms with Crippen molar-refractivity contribution in [2.45, 2.75) is 50.0 Å². The van der Waals surface area contributed by atoms with Crippen LogP contribution >= 0.6 is 11.6 Å². The van der Waals surface area contributed by atoms with Gasteiger partial charge in [0.15, 0.2) is 11.5 Å². The molecule has 2 bridgehead atoms. The van der Waals surface area contributed by atoms with E-state index in [9.17, 15) is 14.0 Å². The molecule has 1 aromatic carbocycles. The van der Waals surface area contributed by atoms with Crippen molar-refractivity contribution < 1.29 is 23.2 Å². The van der Waals surface area contributed by atoms with Crippen molar-refractivity contribution in [1.82, 2.24) is 10.5 Å². The maximum atomic E-state index is 13.4. The summed E-state index contributed by atoms with van der Waals surface area (Å²) in [6.45, 7) is -0.104. The van der Waals surface area contributed by atoms with Gasteiger partial charge in [0.05, 0.1) is 11.2 Å². The molecule has 0 radical (unpaired) electrons. The molecule has 8 heteroatoms. The van der Waals surface area contributed by atoms with Crippen LogP contribution in [0.2, 0.25) is 5.02 Å². The highest BCUT2D eigenvalue weighted by Crippen LogP contribution is 2.69. The summed E-state index contributed by atoms with van der Waals surface area (Å²) in [6, 6.07) is 4.10. The molecule has 4 aliphatic carbocycles. The van der Waals surface area contributed by atoms with Crippen molar-refractivity contribution in [3.8, 4) is 5.75 Å². The lowest BCUT2D eigenvalue weighted by atomic mass is 9.38. The number of Topliss-reactive ketones (excluding diaryl/α,β-unsaturated/α-hetero) is 1. The lowest BCUT2D eigenvalue weighted by Gasteiger charge is -2.70. The topological polar surface area (TPSA) is 81.4 Å². The first-order chi connectivity index (χ1) is 13.9. The number of aromatic nitrogens is 1. The number of nitrogens with one attached hydrogen (secondary N) is 1. The van der Waals surface area contributed by atoms with Crippen LogP contribution in [0, 0.1) is 11.2 Å². The minimum Gasteiger partial charge on any atom is -0.486 e. The van der Waals surface area contributed by atoms with Crippen molar-refractivity contribution in [3.63, 3.8) is 0 Å². The summed E-state index contributed by atoms with van der Waals surface area (Å²) in [5, 5.41) is 6.90. The van der Waals surface area contributed by atoms with Gasteiger partial charge in [-0.2, -0.15) is 0 Å². The van der Waals surface area contributed by atoms with Gasteiger partial charge in [-0.05, 0) is 49.7 Å². The van der Waals surface area contributed by atoms with Crippen LogP contribution in [0.15, 0.2) is 28.9 Å². The predicted octanol–water partition coefficient (Wildman–Crippen LogP) is 4.04. The quantitative estimate of drug-likeness (QED) is 0.699. The first-order valence-electron chi connectivity index (χ1n) is 9.74. The minimum atomic E-state index is -0.577. The van der Waals surface area contributed by atoms with Crippen LogP contribution < -0.4 is 10.1 Å². The number of halogens is 2. The Bertz CT molecular complexity index is 981. The number of rotatable bonds is 8. The molecule has 6 rings (SSSR count). The summed E-state index contributed by atoms with van der Waals surface area (Å²) in [7, 11) is 0. The van der Waals surface area contributed by atoms with Crippen LogP contribution in [0.5, 0.6) is 5.75 Å². The van der Waals surface area contributed by atoms with Crippen molar-refractivity contribution in [2.75, 3.05) is 6.61 Å². The summed E-state index contributed by atoms with van der Waals surface area (Å²) in [6.07, 6.45) is 6.34. The van der Waals surface area contributed by atoms with Crippen molar-refractivity contribution in [1.29, 1.82) is 0 Å². The Kier molecular flexibility index (Phi) is 4.21. The van der Waals surface area contributed by atoms with Gasteiger partial charge in [0.2, 0.25) is 0 Å². The number of carbonyl (C=O) groups excluding carboxylic acids is 2. The second-order valence-electron chi connectivity index (χ2n) is 8.72. The molecular weight excluding hydrogens is 399 g/mol. The number of benzene rings is 1. The van der Waals surface area contributed by atoms with Crippen molar-refractivity contribution in [2.24, 2.45) is 5.41 Å². The average molecular weight is 419 g/mol. The maximum Gasteiger partial charge on any atom is 0.256 e. The van der Waals surface area contributed by atoms with Crippen LogP contribution in [0.4, 0.5) is 4.39 Å². The van der Waals surface area contributed by atoms with Crippen molar-refractivity contribution in [3.05, 3.63) is 46.6 Å². The molecular formula is C21H20ClFN2O4. The van der Waals surface area contributed by atoms with Gasteiger partial charge in [-0.1, -0.05) is 16.8 Å². The lowest BCUT2D eigenvalue weighted by Crippen LogP contribution is -2.75. The average Bonchev–Trinajstić information content (AvgIpc) is 3.36. The van der Waals surface area contributed by atoms with Crippen molar-refractivity contribution >= 4 is 23.3 Å². The third kappa shape index (κ3) is 3.41. The van der Waals surface area contributed by atoms with Crippen LogP contribution in [0.25, 0.3) is 0 Å². The smallest absolute Gasteiger partial charge is 0.256 e. The number of hydrogen-bond acceptors (Lipinski definition) is 5. The van der Waals surface area contributed by atoms with Gasteiger partial charge >= 0.3 is 0 Å². The molecule has 0 atom stereocenters. The van der Waals surface area contributed by atoms with Gasteiger partial charge in [-0.25, -0.2) is 4.39 Å². The van der Waals surface area contributed by atoms with Gasteiger partial charge < -0.3 is 14.6 Å². The molecule has 0 aliphatic heterocycles. The highest BCUT2D eigenvalue weighted by Gasteiger charge is 2.68. The standard InChI is InChI=1S/C21H20ClFN2O4/c22-16-4-3-14(5-17(16)23)28-8-13(26)6-20-9-21(10-20,11-20)25-19(27)15-7-24-29-18(15)12-1-2-12/h3-5,7,12H,1-2,6,8-11H2,(H,25,27). The Morgan fingerprint density at radius 2 is 2.07 bits per heavy atom. The normalized spacial score (nSPS) is 27.0. The molecule has 2 aromatic rings. The highest BCUT2D eigenvalue weighted by molar-refractivity contribution is 6.30. The van der Waals surface area contributed by atoms with E-state index in [1.807, 2.05) is 0 Å². The molecule has 4 aliphatic rings. The molecule has 0 spiro atoms. The predicted molar refractivity (Wildman–Crippen MR) is 101 cm³/mol. The van der Waals surface area contributed by atoms with E-state index in [4.69, 9.17) is 20.9 Å². The number of ether oxygens (including phenoxy) is 1. The minimum absolute atomic E-state index is 0.0142. The first-order valence-corrected chi connectivity index (χ1v) is 10.1. The van der Waals surface area contributed by atoms with E-state index < -0.39 is 5.82 Å². The molecule has 1 aromatic heterocycles. The molecule has 6 nitrogen and oxygen atoms in total. The molecule has 4 fully saturated rings. The van der Waals surface area contributed by atoms with Gasteiger partial charge in [-0.15, -0.1) is 0 Å². The molecule has 0 unspecified atom stereocenters. The van der Waals surface area contributed by atoms with Crippen LogP contribution in [0.1, 0.15) is 60.6 Å². The number of amides is 1. The molecule has 1 amide bonds. The Hall–Kier alpha value is -2.41. The third-order valence-corrected chi connectivity index (χ3v) is 6.48. The number of hydrogen-bond donors (Lipinski definition) is 1. The first kappa shape index (κ1) is 18.6. The Labute approximate surface area is 171 Å². The maximum absolute atomic E-state index is 13.4. The van der Waals surface area contributed by atoms with Gasteiger partial charge in [0.25, 0.3) is 5.91 Å². The summed E-state index contributed by atoms with van der Waals surface area (Å²) in [4.78, 5) is 24.9. The van der Waals surface area contributed by atoms with E-state index >= 15 is 0 Å². The van der Waals surface area contributed by atoms with Gasteiger partial charge in [0.1, 0.15) is 23.7 Å². The van der Waals surface area contributed by atoms with E-state index in [0.29, 0.717) is 23.7 Å². The summed E-state index contributed by atoms with van der Waals surface area (Å²) in [5.74, 6) is 0.545. The molecule has 29 heavy (non-hydrogen) atoms. The SMILES string of the molecule is O=C(COc1ccc(Cl)c(F)c1)CC12CC(NC(=O)c3cnoc3C3CC3)(C1)C2. The van der Waals surface area contributed by atoms with E-state index in [2.05, 4.69) is 10.5 Å². The fraction of sp³-hybridized carbons (Fsp3) is 0.476. The number of ketones is 1. The van der Waals surface area contributed by atoms with E-state index in [-0.39, 0.29) is 40.0 Å². The largest absolute Gasteiger partial charge is 0.486 e. The third-order valence-electron chi connectivity index (χ3n) is 6.17. The number of carbonyl (C=O) groups is 2. The lowest BCUT2D eigenvalue weighted by molar-refractivity contribution is -0.162. The monoisotopic (exact) mass is 418 g/mol. The van der Waals surface area contributed by atoms with Crippen LogP contribution in [-0.4, -0.2) is 29.0 Å². The van der Waals surface area contributed by atoms with E-state index in [1.54, 1.807) is 0 Å². The van der Waals surface area contributed by atoms with Crippen LogP contribution in [-0.2, 0) is 4.79 Å². The van der Waals surface area contributed by atoms with Crippen LogP contribution in [0.3, 0.4) is 0 Å². The molecule has 1 heterocycles. The zero-order chi connectivity index (χ0) is 20.2. The zero-order valence-electron chi connectivity index (χ0n) is 15.7. The Balaban J connectivity index is 1.10. The van der Waals surface area contributed by atoms with E-state index in [0.717, 1.165) is 32.1 Å².